The zero-order valence-corrected chi connectivity index (χ0v) is 9.71. The quantitative estimate of drug-likeness (QED) is 0.318. The molecule has 0 fully saturated rings. The van der Waals surface area contributed by atoms with E-state index < -0.39 is 0 Å². The van der Waals surface area contributed by atoms with E-state index in [2.05, 4.69) is 35.2 Å². The lowest BCUT2D eigenvalue weighted by atomic mass is 10.1. The largest absolute Gasteiger partial charge is 0.135 e. The molecule has 0 nitrogen and oxygen atoms in total. The van der Waals surface area contributed by atoms with Crippen molar-refractivity contribution in [2.45, 2.75) is 58.0 Å². The van der Waals surface area contributed by atoms with Crippen molar-refractivity contribution >= 4 is 9.24 Å². The van der Waals surface area contributed by atoms with Crippen molar-refractivity contribution in [2.75, 3.05) is 0 Å². The summed E-state index contributed by atoms with van der Waals surface area (Å²) in [6.07, 6.45) is 12.6. The van der Waals surface area contributed by atoms with Crippen LogP contribution in [0.4, 0.5) is 0 Å². The van der Waals surface area contributed by atoms with E-state index in [1.54, 1.807) is 0 Å². The zero-order chi connectivity index (χ0) is 9.23. The maximum Gasteiger partial charge on any atom is -0.0293 e. The van der Waals surface area contributed by atoms with Gasteiger partial charge in [-0.1, -0.05) is 38.8 Å². The van der Waals surface area contributed by atoms with Gasteiger partial charge in [0.25, 0.3) is 0 Å². The van der Waals surface area contributed by atoms with Gasteiger partial charge >= 0.3 is 0 Å². The van der Waals surface area contributed by atoms with Crippen LogP contribution in [-0.4, -0.2) is 5.66 Å². The van der Waals surface area contributed by atoms with Crippen molar-refractivity contribution in [3.63, 3.8) is 0 Å². The minimum atomic E-state index is 0.802. The van der Waals surface area contributed by atoms with Crippen LogP contribution in [0.15, 0.2) is 12.2 Å². The van der Waals surface area contributed by atoms with Crippen molar-refractivity contribution in [3.05, 3.63) is 12.2 Å². The molecule has 0 aliphatic carbocycles. The molecule has 0 aromatic carbocycles. The van der Waals surface area contributed by atoms with Crippen LogP contribution in [0.5, 0.6) is 0 Å². The summed E-state index contributed by atoms with van der Waals surface area (Å²) in [4.78, 5) is 0. The Kier molecular flexibility index (Phi) is 9.39. The van der Waals surface area contributed by atoms with Crippen LogP contribution < -0.4 is 0 Å². The van der Waals surface area contributed by atoms with E-state index in [4.69, 9.17) is 0 Å². The van der Waals surface area contributed by atoms with Crippen molar-refractivity contribution in [1.82, 2.24) is 0 Å². The molecule has 0 N–H and O–H groups in total. The topological polar surface area (TPSA) is 0 Å². The number of rotatable bonds is 7. The highest BCUT2D eigenvalue weighted by Crippen LogP contribution is 2.11. The fraction of sp³-hybridized carbons (Fsp3) is 0.818. The molecule has 0 saturated carbocycles. The lowest BCUT2D eigenvalue weighted by molar-refractivity contribution is 0.644. The summed E-state index contributed by atoms with van der Waals surface area (Å²) in [5.74, 6) is 0. The van der Waals surface area contributed by atoms with E-state index in [1.165, 1.54) is 38.5 Å². The maximum absolute atomic E-state index is 2.86. The summed E-state index contributed by atoms with van der Waals surface area (Å²) in [6.45, 7) is 4.45. The summed E-state index contributed by atoms with van der Waals surface area (Å²) in [5, 5.41) is 0. The molecule has 0 heterocycles. The first-order valence-electron chi connectivity index (χ1n) is 5.18. The van der Waals surface area contributed by atoms with Crippen molar-refractivity contribution < 1.29 is 0 Å². The summed E-state index contributed by atoms with van der Waals surface area (Å²) in [6, 6.07) is 0. The van der Waals surface area contributed by atoms with Gasteiger partial charge in [-0.2, -0.15) is 0 Å². The first kappa shape index (κ1) is 12.2. The molecule has 2 atom stereocenters. The van der Waals surface area contributed by atoms with Crippen LogP contribution in [0.25, 0.3) is 0 Å². The molecule has 1 unspecified atom stereocenters. The first-order chi connectivity index (χ1) is 5.77. The highest BCUT2D eigenvalue weighted by atomic mass is 31.0. The number of unbranched alkanes of at least 4 members (excludes halogenated alkanes) is 3. The summed E-state index contributed by atoms with van der Waals surface area (Å²) in [5.41, 5.74) is 0.802. The molecule has 0 amide bonds. The molecule has 0 aliphatic heterocycles. The lowest BCUT2D eigenvalue weighted by Crippen LogP contribution is -1.88. The number of hydrogen-bond donors (Lipinski definition) is 0. The Labute approximate surface area is 80.0 Å². The van der Waals surface area contributed by atoms with E-state index >= 15 is 0 Å². The normalized spacial score (nSPS) is 13.9. The van der Waals surface area contributed by atoms with Crippen LogP contribution >= 0.6 is 9.24 Å². The Morgan fingerprint density at radius 1 is 1.17 bits per heavy atom. The molecule has 0 aromatic rings. The van der Waals surface area contributed by atoms with Gasteiger partial charge in [-0.25, -0.2) is 0 Å². The Bertz CT molecular complexity index is 106. The average molecular weight is 186 g/mol. The highest BCUT2D eigenvalue weighted by Gasteiger charge is 1.92. The van der Waals surface area contributed by atoms with Crippen LogP contribution in [0.2, 0.25) is 0 Å². The third-order valence-electron chi connectivity index (χ3n) is 1.93. The van der Waals surface area contributed by atoms with Crippen molar-refractivity contribution in [1.29, 1.82) is 0 Å². The van der Waals surface area contributed by atoms with E-state index in [1.807, 2.05) is 0 Å². The fourth-order valence-corrected chi connectivity index (χ4v) is 1.43. The van der Waals surface area contributed by atoms with Gasteiger partial charge in [0, 0.05) is 0 Å². The monoisotopic (exact) mass is 186 g/mol. The van der Waals surface area contributed by atoms with Gasteiger partial charge in [-0.15, -0.1) is 9.24 Å². The van der Waals surface area contributed by atoms with Gasteiger partial charge in [0.05, 0.1) is 0 Å². The van der Waals surface area contributed by atoms with Gasteiger partial charge in [-0.3, -0.25) is 0 Å². The standard InChI is InChI=1S/C11H23P/c1-3-4-5-6-7-8-9-10-11(2)12/h4-5,11H,3,6-10,12H2,1-2H3/b5-4-/t11-/m0/s1. The van der Waals surface area contributed by atoms with Gasteiger partial charge in [0.2, 0.25) is 0 Å². The van der Waals surface area contributed by atoms with E-state index in [-0.39, 0.29) is 0 Å². The minimum absolute atomic E-state index is 0.802. The Morgan fingerprint density at radius 3 is 2.50 bits per heavy atom. The van der Waals surface area contributed by atoms with Crippen molar-refractivity contribution in [3.8, 4) is 0 Å². The minimum Gasteiger partial charge on any atom is -0.135 e. The third kappa shape index (κ3) is 10.2. The van der Waals surface area contributed by atoms with Crippen LogP contribution in [0, 0.1) is 0 Å². The molecule has 0 bridgehead atoms. The molecule has 0 saturated heterocycles. The molecule has 72 valence electrons. The summed E-state index contributed by atoms with van der Waals surface area (Å²) in [7, 11) is 2.86. The Balaban J connectivity index is 2.96. The van der Waals surface area contributed by atoms with Gasteiger partial charge in [0.1, 0.15) is 0 Å². The second kappa shape index (κ2) is 9.26. The molecular formula is C11H23P. The predicted octanol–water partition coefficient (Wildman–Crippen LogP) is 4.17. The molecule has 0 rings (SSSR count). The zero-order valence-electron chi connectivity index (χ0n) is 8.55. The lowest BCUT2D eigenvalue weighted by Gasteiger charge is -2.02. The molecule has 0 aromatic heterocycles. The van der Waals surface area contributed by atoms with Crippen molar-refractivity contribution in [2.24, 2.45) is 0 Å². The molecule has 0 aliphatic rings. The highest BCUT2D eigenvalue weighted by molar-refractivity contribution is 7.17. The van der Waals surface area contributed by atoms with Gasteiger partial charge in [0.15, 0.2) is 0 Å². The number of hydrogen-bond acceptors (Lipinski definition) is 0. The SMILES string of the molecule is CC/C=C\CCCCC[C@H](C)P. The molecule has 0 radical (unpaired) electrons. The second-order valence-electron chi connectivity index (χ2n) is 3.49. The van der Waals surface area contributed by atoms with E-state index in [0.717, 1.165) is 5.66 Å². The van der Waals surface area contributed by atoms with Gasteiger partial charge < -0.3 is 0 Å². The fourth-order valence-electron chi connectivity index (χ4n) is 1.19. The Morgan fingerprint density at radius 2 is 1.92 bits per heavy atom. The van der Waals surface area contributed by atoms with Crippen LogP contribution in [0.3, 0.4) is 0 Å². The van der Waals surface area contributed by atoms with Gasteiger partial charge in [-0.05, 0) is 31.3 Å². The predicted molar refractivity (Wildman–Crippen MR) is 61.7 cm³/mol. The third-order valence-corrected chi connectivity index (χ3v) is 2.27. The molecule has 12 heavy (non-hydrogen) atoms. The number of allylic oxidation sites excluding steroid dienone is 2. The Hall–Kier alpha value is 0.170. The van der Waals surface area contributed by atoms with Crippen LogP contribution in [0.1, 0.15) is 52.4 Å². The van der Waals surface area contributed by atoms with E-state index in [0.29, 0.717) is 0 Å². The summed E-state index contributed by atoms with van der Waals surface area (Å²) < 4.78 is 0. The molecule has 0 spiro atoms. The first-order valence-corrected chi connectivity index (χ1v) is 5.84. The molecule has 1 heteroatoms. The summed E-state index contributed by atoms with van der Waals surface area (Å²) >= 11 is 0. The van der Waals surface area contributed by atoms with Crippen LogP contribution in [-0.2, 0) is 0 Å². The molecular weight excluding hydrogens is 163 g/mol. The van der Waals surface area contributed by atoms with E-state index in [9.17, 15) is 0 Å². The smallest absolute Gasteiger partial charge is 0.0293 e. The second-order valence-corrected chi connectivity index (χ2v) is 4.63. The average Bonchev–Trinajstić information content (AvgIpc) is 2.02. The maximum atomic E-state index is 2.86.